The van der Waals surface area contributed by atoms with Crippen molar-refractivity contribution >= 4 is 11.0 Å². The number of para-hydroxylation sites is 2. The van der Waals surface area contributed by atoms with Crippen LogP contribution in [0.4, 0.5) is 0 Å². The summed E-state index contributed by atoms with van der Waals surface area (Å²) in [5.41, 5.74) is 2.29. The quantitative estimate of drug-likeness (QED) is 0.820. The van der Waals surface area contributed by atoms with Crippen LogP contribution in [0.3, 0.4) is 0 Å². The summed E-state index contributed by atoms with van der Waals surface area (Å²) in [4.78, 5) is 15.4. The highest BCUT2D eigenvalue weighted by Gasteiger charge is 2.25. The largest absolute Gasteiger partial charge is 0.329 e. The van der Waals surface area contributed by atoms with Gasteiger partial charge in [-0.25, -0.2) is 4.79 Å². The summed E-state index contributed by atoms with van der Waals surface area (Å²) in [5, 5.41) is 0. The second-order valence-electron chi connectivity index (χ2n) is 8.44. The van der Waals surface area contributed by atoms with Crippen molar-refractivity contribution in [3.8, 4) is 0 Å². The van der Waals surface area contributed by atoms with E-state index in [0.717, 1.165) is 42.9 Å². The molecule has 2 aromatic rings. The molecule has 1 saturated heterocycles. The molecule has 2 fully saturated rings. The standard InChI is InChI=1S/C22H33N3O/c1-23-20-11-7-8-12-21(20)25(22(23)26)19-13-15-24(16-14-19)17-18-9-5-3-2-4-6-10-18/h7-8,11-12,18-19H,2-6,9-10,13-17H2,1H3. The van der Waals surface area contributed by atoms with Crippen molar-refractivity contribution in [1.82, 2.24) is 14.0 Å². The molecular weight excluding hydrogens is 322 g/mol. The lowest BCUT2D eigenvalue weighted by atomic mass is 9.90. The van der Waals surface area contributed by atoms with E-state index in [-0.39, 0.29) is 5.69 Å². The first-order chi connectivity index (χ1) is 12.7. The predicted octanol–water partition coefficient (Wildman–Crippen LogP) is 4.34. The number of piperidine rings is 1. The Morgan fingerprint density at radius 2 is 1.50 bits per heavy atom. The molecule has 1 aliphatic carbocycles. The smallest absolute Gasteiger partial charge is 0.303 e. The molecule has 4 nitrogen and oxygen atoms in total. The Balaban J connectivity index is 1.41. The number of nitrogens with zero attached hydrogens (tertiary/aromatic N) is 3. The Kier molecular flexibility index (Phi) is 5.49. The highest BCUT2D eigenvalue weighted by Crippen LogP contribution is 2.28. The molecule has 0 amide bonds. The molecule has 26 heavy (non-hydrogen) atoms. The number of aryl methyl sites for hydroxylation is 1. The average Bonchev–Trinajstić information content (AvgIpc) is 2.89. The Hall–Kier alpha value is -1.55. The second kappa shape index (κ2) is 7.99. The summed E-state index contributed by atoms with van der Waals surface area (Å²) in [6.45, 7) is 3.55. The van der Waals surface area contributed by atoms with E-state index in [1.54, 1.807) is 4.57 Å². The van der Waals surface area contributed by atoms with E-state index in [1.165, 1.54) is 51.5 Å². The summed E-state index contributed by atoms with van der Waals surface area (Å²) in [6.07, 6.45) is 12.2. The van der Waals surface area contributed by atoms with E-state index in [1.807, 2.05) is 19.2 Å². The van der Waals surface area contributed by atoms with Gasteiger partial charge in [-0.2, -0.15) is 0 Å². The number of aromatic nitrogens is 2. The van der Waals surface area contributed by atoms with Gasteiger partial charge in [-0.05, 0) is 43.7 Å². The maximum Gasteiger partial charge on any atom is 0.329 e. The highest BCUT2D eigenvalue weighted by atomic mass is 16.1. The number of benzene rings is 1. The fourth-order valence-corrected chi connectivity index (χ4v) is 5.12. The maximum atomic E-state index is 12.8. The monoisotopic (exact) mass is 355 g/mol. The van der Waals surface area contributed by atoms with Crippen LogP contribution in [0.25, 0.3) is 11.0 Å². The predicted molar refractivity (Wildman–Crippen MR) is 108 cm³/mol. The molecule has 1 aliphatic heterocycles. The number of rotatable bonds is 3. The second-order valence-corrected chi connectivity index (χ2v) is 8.44. The lowest BCUT2D eigenvalue weighted by Gasteiger charge is -2.35. The van der Waals surface area contributed by atoms with Gasteiger partial charge in [0.25, 0.3) is 0 Å². The molecule has 0 unspecified atom stereocenters. The molecule has 1 saturated carbocycles. The van der Waals surface area contributed by atoms with Crippen LogP contribution >= 0.6 is 0 Å². The molecule has 142 valence electrons. The molecule has 2 heterocycles. The summed E-state index contributed by atoms with van der Waals surface area (Å²) >= 11 is 0. The van der Waals surface area contributed by atoms with Crippen molar-refractivity contribution in [3.05, 3.63) is 34.7 Å². The van der Waals surface area contributed by atoms with Crippen LogP contribution in [-0.4, -0.2) is 33.7 Å². The molecule has 0 atom stereocenters. The zero-order valence-electron chi connectivity index (χ0n) is 16.2. The topological polar surface area (TPSA) is 30.2 Å². The van der Waals surface area contributed by atoms with Gasteiger partial charge in [0.1, 0.15) is 0 Å². The molecule has 0 N–H and O–H groups in total. The van der Waals surface area contributed by atoms with Gasteiger partial charge in [0, 0.05) is 32.7 Å². The van der Waals surface area contributed by atoms with Gasteiger partial charge in [0.2, 0.25) is 0 Å². The first kappa shape index (κ1) is 17.8. The summed E-state index contributed by atoms with van der Waals surface area (Å²) in [5.74, 6) is 0.895. The van der Waals surface area contributed by atoms with Crippen molar-refractivity contribution in [2.24, 2.45) is 13.0 Å². The Bertz CT molecular complexity index is 774. The van der Waals surface area contributed by atoms with Crippen molar-refractivity contribution in [2.75, 3.05) is 19.6 Å². The van der Waals surface area contributed by atoms with Crippen LogP contribution in [-0.2, 0) is 7.05 Å². The van der Waals surface area contributed by atoms with E-state index < -0.39 is 0 Å². The van der Waals surface area contributed by atoms with Crippen LogP contribution in [0.15, 0.2) is 29.1 Å². The Labute approximate surface area is 156 Å². The van der Waals surface area contributed by atoms with E-state index in [2.05, 4.69) is 21.6 Å². The Morgan fingerprint density at radius 3 is 2.19 bits per heavy atom. The summed E-state index contributed by atoms with van der Waals surface area (Å²) in [6, 6.07) is 8.56. The van der Waals surface area contributed by atoms with E-state index in [9.17, 15) is 4.79 Å². The average molecular weight is 356 g/mol. The zero-order valence-corrected chi connectivity index (χ0v) is 16.2. The van der Waals surface area contributed by atoms with Gasteiger partial charge in [0.15, 0.2) is 0 Å². The molecule has 4 rings (SSSR count). The van der Waals surface area contributed by atoms with Gasteiger partial charge >= 0.3 is 5.69 Å². The maximum absolute atomic E-state index is 12.8. The van der Waals surface area contributed by atoms with Gasteiger partial charge < -0.3 is 4.90 Å². The number of imidazole rings is 1. The third kappa shape index (κ3) is 3.62. The van der Waals surface area contributed by atoms with Crippen molar-refractivity contribution < 1.29 is 0 Å². The van der Waals surface area contributed by atoms with Crippen LogP contribution in [0, 0.1) is 5.92 Å². The first-order valence-corrected chi connectivity index (χ1v) is 10.6. The first-order valence-electron chi connectivity index (χ1n) is 10.6. The molecule has 1 aromatic heterocycles. The molecule has 2 aliphatic rings. The lowest BCUT2D eigenvalue weighted by molar-refractivity contribution is 0.152. The number of likely N-dealkylation sites (tertiary alicyclic amines) is 1. The van der Waals surface area contributed by atoms with Gasteiger partial charge in [0.05, 0.1) is 11.0 Å². The van der Waals surface area contributed by atoms with E-state index in [4.69, 9.17) is 0 Å². The van der Waals surface area contributed by atoms with Crippen molar-refractivity contribution in [1.29, 1.82) is 0 Å². The molecule has 0 radical (unpaired) electrons. The fraction of sp³-hybridized carbons (Fsp3) is 0.682. The summed E-state index contributed by atoms with van der Waals surface area (Å²) < 4.78 is 3.86. The third-order valence-electron chi connectivity index (χ3n) is 6.66. The van der Waals surface area contributed by atoms with Crippen LogP contribution in [0.5, 0.6) is 0 Å². The minimum absolute atomic E-state index is 0.143. The molecular formula is C22H33N3O. The van der Waals surface area contributed by atoms with Crippen LogP contribution in [0.2, 0.25) is 0 Å². The number of hydrogen-bond donors (Lipinski definition) is 0. The minimum Gasteiger partial charge on any atom is -0.303 e. The number of hydrogen-bond acceptors (Lipinski definition) is 2. The molecule has 0 bridgehead atoms. The van der Waals surface area contributed by atoms with Gasteiger partial charge in [-0.3, -0.25) is 9.13 Å². The van der Waals surface area contributed by atoms with Gasteiger partial charge in [-0.15, -0.1) is 0 Å². The van der Waals surface area contributed by atoms with Crippen molar-refractivity contribution in [2.45, 2.75) is 63.8 Å². The normalized spacial score (nSPS) is 21.7. The molecule has 0 spiro atoms. The zero-order chi connectivity index (χ0) is 17.9. The van der Waals surface area contributed by atoms with Crippen molar-refractivity contribution in [3.63, 3.8) is 0 Å². The minimum atomic E-state index is 0.143. The molecule has 4 heteroatoms. The summed E-state index contributed by atoms with van der Waals surface area (Å²) in [7, 11) is 1.89. The van der Waals surface area contributed by atoms with Crippen LogP contribution < -0.4 is 5.69 Å². The van der Waals surface area contributed by atoms with E-state index in [0.29, 0.717) is 6.04 Å². The SMILES string of the molecule is Cn1c(=O)n(C2CCN(CC3CCCCCCC3)CC2)c2ccccc21. The lowest BCUT2D eigenvalue weighted by Crippen LogP contribution is -2.40. The third-order valence-corrected chi connectivity index (χ3v) is 6.66. The fourth-order valence-electron chi connectivity index (χ4n) is 5.12. The van der Waals surface area contributed by atoms with E-state index >= 15 is 0 Å². The highest BCUT2D eigenvalue weighted by molar-refractivity contribution is 5.76. The number of fused-ring (bicyclic) bond motifs is 1. The Morgan fingerprint density at radius 1 is 0.885 bits per heavy atom. The molecule has 1 aromatic carbocycles. The van der Waals surface area contributed by atoms with Crippen LogP contribution in [0.1, 0.15) is 63.8 Å². The van der Waals surface area contributed by atoms with Gasteiger partial charge in [-0.1, -0.05) is 44.2 Å².